The maximum Gasteiger partial charge on any atom is 0.240 e. The van der Waals surface area contributed by atoms with E-state index in [1.54, 1.807) is 24.3 Å². The number of aryl methyl sites for hydroxylation is 1. The molecule has 214 valence electrons. The number of hydrogen-bond acceptors (Lipinski definition) is 5. The number of carbonyl (C=O) groups excluding carboxylic acids is 1. The van der Waals surface area contributed by atoms with E-state index in [9.17, 15) is 13.2 Å². The Balaban J connectivity index is 3.47. The number of hydrogen-bond donors (Lipinski definition) is 2. The molecule has 1 rings (SSSR count). The second-order valence-corrected chi connectivity index (χ2v) is 24.8. The lowest BCUT2D eigenvalue weighted by Gasteiger charge is -2.43. The van der Waals surface area contributed by atoms with Gasteiger partial charge >= 0.3 is 0 Å². The first-order valence-corrected chi connectivity index (χ1v) is 20.4. The predicted molar refractivity (Wildman–Crippen MR) is 158 cm³/mol. The Bertz CT molecular complexity index is 1010. The molecule has 7 nitrogen and oxygen atoms in total. The van der Waals surface area contributed by atoms with Crippen molar-refractivity contribution in [3.05, 3.63) is 29.8 Å². The van der Waals surface area contributed by atoms with Crippen LogP contribution in [0, 0.1) is 18.8 Å². The van der Waals surface area contributed by atoms with Gasteiger partial charge in [-0.1, -0.05) is 66.2 Å². The molecule has 0 heterocycles. The summed E-state index contributed by atoms with van der Waals surface area (Å²) in [6.07, 6.45) is -0.584. The zero-order valence-corrected chi connectivity index (χ0v) is 28.2. The first-order chi connectivity index (χ1) is 16.4. The third-order valence-corrected chi connectivity index (χ3v) is 18.8. The fraction of sp³-hybridized carbons (Fsp3) is 0.741. The van der Waals surface area contributed by atoms with Gasteiger partial charge in [-0.05, 0) is 68.2 Å². The Kier molecular flexibility index (Phi) is 11.0. The minimum Gasteiger partial charge on any atom is -0.416 e. The van der Waals surface area contributed by atoms with Crippen molar-refractivity contribution in [2.75, 3.05) is 6.61 Å². The van der Waals surface area contributed by atoms with Gasteiger partial charge in [0.25, 0.3) is 0 Å². The number of nitrogens with two attached hydrogens (primary N) is 1. The van der Waals surface area contributed by atoms with Crippen molar-refractivity contribution in [3.63, 3.8) is 0 Å². The molecule has 0 spiro atoms. The summed E-state index contributed by atoms with van der Waals surface area (Å²) in [5.41, 5.74) is 6.92. The lowest BCUT2D eigenvalue weighted by atomic mass is 9.86. The first-order valence-electron chi connectivity index (χ1n) is 13.1. The first kappa shape index (κ1) is 34.0. The van der Waals surface area contributed by atoms with Crippen LogP contribution in [0.25, 0.3) is 0 Å². The van der Waals surface area contributed by atoms with Gasteiger partial charge in [-0.15, -0.1) is 0 Å². The van der Waals surface area contributed by atoms with Crippen molar-refractivity contribution in [2.45, 2.75) is 116 Å². The highest BCUT2D eigenvalue weighted by molar-refractivity contribution is 7.89. The summed E-state index contributed by atoms with van der Waals surface area (Å²) >= 11 is 0. The van der Waals surface area contributed by atoms with Crippen LogP contribution >= 0.6 is 0 Å². The molecule has 1 amide bonds. The molecule has 0 saturated heterocycles. The molecular weight excluding hydrogens is 521 g/mol. The number of rotatable bonds is 12. The largest absolute Gasteiger partial charge is 0.416 e. The van der Waals surface area contributed by atoms with E-state index >= 15 is 0 Å². The highest BCUT2D eigenvalue weighted by atomic mass is 32.2. The highest BCUT2D eigenvalue weighted by Gasteiger charge is 2.45. The van der Waals surface area contributed by atoms with E-state index in [0.29, 0.717) is 6.61 Å². The highest BCUT2D eigenvalue weighted by Crippen LogP contribution is 2.39. The lowest BCUT2D eigenvalue weighted by molar-refractivity contribution is -0.126. The van der Waals surface area contributed by atoms with Gasteiger partial charge in [0.1, 0.15) is 0 Å². The van der Waals surface area contributed by atoms with Gasteiger partial charge in [0.15, 0.2) is 16.6 Å². The molecule has 0 aliphatic rings. The number of carbonyl (C=O) groups is 1. The van der Waals surface area contributed by atoms with Gasteiger partial charge in [-0.2, -0.15) is 0 Å². The fourth-order valence-corrected chi connectivity index (χ4v) is 7.49. The molecule has 0 fully saturated rings. The van der Waals surface area contributed by atoms with E-state index in [4.69, 9.17) is 14.6 Å². The Labute approximate surface area is 228 Å². The van der Waals surface area contributed by atoms with E-state index in [-0.39, 0.29) is 20.9 Å². The van der Waals surface area contributed by atoms with Crippen LogP contribution in [0.4, 0.5) is 0 Å². The average molecular weight is 573 g/mol. The van der Waals surface area contributed by atoms with Gasteiger partial charge in [-0.3, -0.25) is 4.79 Å². The number of nitrogens with one attached hydrogen (secondary N) is 1. The van der Waals surface area contributed by atoms with Crippen LogP contribution in [0.1, 0.15) is 61.0 Å². The number of primary amides is 1. The van der Waals surface area contributed by atoms with Crippen LogP contribution < -0.4 is 10.5 Å². The quantitative estimate of drug-likeness (QED) is 0.307. The van der Waals surface area contributed by atoms with Crippen molar-refractivity contribution in [1.29, 1.82) is 0 Å². The summed E-state index contributed by atoms with van der Waals surface area (Å²) < 4.78 is 42.8. The SMILES string of the molecule is Cc1ccc(S(=O)(=O)N[C@@H]([C@H](C(N)=O)[C@@H](C)O[Si](C)(C)C(C)(C)C)[C@@H](C)CO[Si](C)(C)C(C)(C)C)cc1. The standard InChI is InChI=1S/C27H52N2O5SSi2/c1-19-14-16-22(17-15-19)35(31,32)29-24(20(2)18-33-36(10,11)26(4,5)6)23(25(28)30)21(3)34-37(12,13)27(7,8)9/h14-17,20-21,23-24,29H,18H2,1-13H3,(H2,28,30)/t20-,21+,23+,24+/m0/s1. The van der Waals surface area contributed by atoms with E-state index in [0.717, 1.165) is 5.56 Å². The van der Waals surface area contributed by atoms with Crippen LogP contribution in [-0.2, 0) is 23.7 Å². The van der Waals surface area contributed by atoms with Gasteiger partial charge in [0, 0.05) is 12.6 Å². The topological polar surface area (TPSA) is 108 Å². The molecule has 10 heteroatoms. The summed E-state index contributed by atoms with van der Waals surface area (Å²) in [6.45, 7) is 27.3. The van der Waals surface area contributed by atoms with E-state index < -0.39 is 50.6 Å². The van der Waals surface area contributed by atoms with Crippen LogP contribution in [0.3, 0.4) is 0 Å². The Hall–Kier alpha value is -1.05. The van der Waals surface area contributed by atoms with Gasteiger partial charge in [0.2, 0.25) is 15.9 Å². The van der Waals surface area contributed by atoms with Gasteiger partial charge in [0.05, 0.1) is 16.9 Å². The minimum absolute atomic E-state index is 0.00849. The molecule has 0 aromatic heterocycles. The second kappa shape index (κ2) is 12.0. The summed E-state index contributed by atoms with van der Waals surface area (Å²) in [6, 6.07) is 5.83. The maximum atomic E-state index is 13.5. The Morgan fingerprint density at radius 2 is 1.41 bits per heavy atom. The Morgan fingerprint density at radius 3 is 1.81 bits per heavy atom. The molecule has 37 heavy (non-hydrogen) atoms. The van der Waals surface area contributed by atoms with Crippen molar-refractivity contribution < 1.29 is 22.1 Å². The number of sulfonamides is 1. The summed E-state index contributed by atoms with van der Waals surface area (Å²) in [4.78, 5) is 13.1. The minimum atomic E-state index is -3.93. The summed E-state index contributed by atoms with van der Waals surface area (Å²) in [7, 11) is -8.32. The van der Waals surface area contributed by atoms with Crippen molar-refractivity contribution >= 4 is 32.6 Å². The zero-order chi connectivity index (χ0) is 29.2. The number of benzene rings is 1. The van der Waals surface area contributed by atoms with E-state index in [1.165, 1.54) is 0 Å². The zero-order valence-electron chi connectivity index (χ0n) is 25.4. The molecule has 4 atom stereocenters. The van der Waals surface area contributed by atoms with Crippen LogP contribution in [-0.4, -0.2) is 49.7 Å². The third kappa shape index (κ3) is 9.00. The molecule has 0 radical (unpaired) electrons. The Morgan fingerprint density at radius 1 is 0.946 bits per heavy atom. The third-order valence-electron chi connectivity index (χ3n) is 8.26. The monoisotopic (exact) mass is 572 g/mol. The van der Waals surface area contributed by atoms with Gasteiger partial charge < -0.3 is 14.6 Å². The smallest absolute Gasteiger partial charge is 0.240 e. The molecule has 1 aromatic carbocycles. The molecule has 0 aliphatic heterocycles. The van der Waals surface area contributed by atoms with Gasteiger partial charge in [-0.25, -0.2) is 13.1 Å². The molecule has 1 aromatic rings. The normalized spacial score (nSPS) is 17.2. The van der Waals surface area contributed by atoms with Crippen molar-refractivity contribution in [2.24, 2.45) is 17.6 Å². The molecular formula is C27H52N2O5SSi2. The van der Waals surface area contributed by atoms with Crippen LogP contribution in [0.5, 0.6) is 0 Å². The molecule has 0 bridgehead atoms. The summed E-state index contributed by atoms with van der Waals surface area (Å²) in [5, 5.41) is -0.0944. The number of amides is 1. The molecule has 0 saturated carbocycles. The van der Waals surface area contributed by atoms with Crippen LogP contribution in [0.2, 0.25) is 36.3 Å². The molecule has 0 aliphatic carbocycles. The predicted octanol–water partition coefficient (Wildman–Crippen LogP) is 5.81. The van der Waals surface area contributed by atoms with Crippen molar-refractivity contribution in [3.8, 4) is 0 Å². The van der Waals surface area contributed by atoms with Crippen molar-refractivity contribution in [1.82, 2.24) is 4.72 Å². The van der Waals surface area contributed by atoms with E-state index in [1.807, 2.05) is 20.8 Å². The fourth-order valence-electron chi connectivity index (χ4n) is 3.58. The van der Waals surface area contributed by atoms with E-state index in [2.05, 4.69) is 72.5 Å². The summed E-state index contributed by atoms with van der Waals surface area (Å²) in [5.74, 6) is -1.81. The average Bonchev–Trinajstić information content (AvgIpc) is 2.69. The lowest BCUT2D eigenvalue weighted by Crippen LogP contribution is -2.57. The molecule has 0 unspecified atom stereocenters. The maximum absolute atomic E-state index is 13.5. The van der Waals surface area contributed by atoms with Crippen LogP contribution in [0.15, 0.2) is 29.2 Å². The second-order valence-electron chi connectivity index (χ2n) is 13.5. The molecule has 3 N–H and O–H groups in total.